The molecular formula is C15H17N5O2. The highest BCUT2D eigenvalue weighted by molar-refractivity contribution is 6.01. The first kappa shape index (κ1) is 13.3. The molecule has 1 unspecified atom stereocenters. The van der Waals surface area contributed by atoms with Crippen molar-refractivity contribution in [2.24, 2.45) is 0 Å². The fraction of sp³-hybridized carbons (Fsp3) is 0.400. The van der Waals surface area contributed by atoms with Crippen molar-refractivity contribution in [3.8, 4) is 0 Å². The zero-order valence-corrected chi connectivity index (χ0v) is 12.1. The molecule has 114 valence electrons. The molecule has 2 amide bonds. The maximum atomic E-state index is 12.8. The molecule has 4 rings (SSSR count). The Bertz CT molecular complexity index is 740. The summed E-state index contributed by atoms with van der Waals surface area (Å²) in [5.74, 6) is -0.0390. The predicted octanol–water partition coefficient (Wildman–Crippen LogP) is -0.409. The lowest BCUT2D eigenvalue weighted by Crippen LogP contribution is -2.64. The quantitative estimate of drug-likeness (QED) is 0.777. The van der Waals surface area contributed by atoms with Gasteiger partial charge in [0.2, 0.25) is 5.91 Å². The van der Waals surface area contributed by atoms with Gasteiger partial charge in [0.05, 0.1) is 17.3 Å². The SMILES string of the molecule is O=C1NCCN2CCN(C(=O)c3cnn4ccccc34)CC12. The van der Waals surface area contributed by atoms with Gasteiger partial charge in [0.15, 0.2) is 0 Å². The molecule has 7 heteroatoms. The first-order valence-electron chi connectivity index (χ1n) is 7.47. The van der Waals surface area contributed by atoms with Crippen LogP contribution in [0.1, 0.15) is 10.4 Å². The van der Waals surface area contributed by atoms with E-state index >= 15 is 0 Å². The van der Waals surface area contributed by atoms with Crippen LogP contribution in [0.3, 0.4) is 0 Å². The summed E-state index contributed by atoms with van der Waals surface area (Å²) in [5.41, 5.74) is 1.38. The standard InChI is InChI=1S/C15H17N5O2/c21-14-13-10-19(8-7-18(13)6-4-16-14)15(22)11-9-17-20-5-2-1-3-12(11)20/h1-3,5,9,13H,4,6-8,10H2,(H,16,21). The van der Waals surface area contributed by atoms with Gasteiger partial charge >= 0.3 is 0 Å². The number of rotatable bonds is 1. The van der Waals surface area contributed by atoms with Gasteiger partial charge < -0.3 is 10.2 Å². The van der Waals surface area contributed by atoms with Crippen molar-refractivity contribution in [3.63, 3.8) is 0 Å². The Balaban J connectivity index is 1.59. The van der Waals surface area contributed by atoms with Crippen molar-refractivity contribution in [2.45, 2.75) is 6.04 Å². The highest BCUT2D eigenvalue weighted by Gasteiger charge is 2.36. The van der Waals surface area contributed by atoms with Crippen LogP contribution in [0.15, 0.2) is 30.6 Å². The molecule has 2 aliphatic rings. The van der Waals surface area contributed by atoms with Crippen LogP contribution in [-0.4, -0.2) is 70.0 Å². The monoisotopic (exact) mass is 299 g/mol. The average Bonchev–Trinajstić information content (AvgIpc) is 2.98. The van der Waals surface area contributed by atoms with Crippen LogP contribution in [0.5, 0.6) is 0 Å². The lowest BCUT2D eigenvalue weighted by atomic mass is 10.1. The van der Waals surface area contributed by atoms with Crippen molar-refractivity contribution in [3.05, 3.63) is 36.2 Å². The highest BCUT2D eigenvalue weighted by atomic mass is 16.2. The van der Waals surface area contributed by atoms with E-state index in [2.05, 4.69) is 15.3 Å². The predicted molar refractivity (Wildman–Crippen MR) is 79.5 cm³/mol. The molecule has 1 N–H and O–H groups in total. The highest BCUT2D eigenvalue weighted by Crippen LogP contribution is 2.18. The van der Waals surface area contributed by atoms with Crippen LogP contribution in [0, 0.1) is 0 Å². The summed E-state index contributed by atoms with van der Waals surface area (Å²) in [6.07, 6.45) is 3.42. The Hall–Kier alpha value is -2.41. The Labute approximate surface area is 127 Å². The minimum atomic E-state index is -0.228. The van der Waals surface area contributed by atoms with Crippen molar-refractivity contribution in [2.75, 3.05) is 32.7 Å². The van der Waals surface area contributed by atoms with E-state index in [0.29, 0.717) is 25.2 Å². The summed E-state index contributed by atoms with van der Waals surface area (Å²) >= 11 is 0. The van der Waals surface area contributed by atoms with Crippen molar-refractivity contribution in [1.29, 1.82) is 0 Å². The second-order valence-corrected chi connectivity index (χ2v) is 5.68. The number of carbonyl (C=O) groups excluding carboxylic acids is 2. The number of nitrogens with one attached hydrogen (secondary N) is 1. The first-order chi connectivity index (χ1) is 10.7. The van der Waals surface area contributed by atoms with Crippen LogP contribution in [-0.2, 0) is 4.79 Å². The third kappa shape index (κ3) is 2.05. The molecule has 0 spiro atoms. The van der Waals surface area contributed by atoms with Gasteiger partial charge in [-0.3, -0.25) is 14.5 Å². The molecule has 4 heterocycles. The zero-order chi connectivity index (χ0) is 15.1. The number of hydrogen-bond donors (Lipinski definition) is 1. The van der Waals surface area contributed by atoms with E-state index in [-0.39, 0.29) is 17.9 Å². The van der Waals surface area contributed by atoms with E-state index in [4.69, 9.17) is 0 Å². The molecule has 7 nitrogen and oxygen atoms in total. The average molecular weight is 299 g/mol. The number of fused-ring (bicyclic) bond motifs is 2. The van der Waals surface area contributed by atoms with E-state index in [1.165, 1.54) is 0 Å². The van der Waals surface area contributed by atoms with Crippen LogP contribution >= 0.6 is 0 Å². The number of nitrogens with zero attached hydrogens (tertiary/aromatic N) is 4. The smallest absolute Gasteiger partial charge is 0.257 e. The third-order valence-electron chi connectivity index (χ3n) is 4.44. The van der Waals surface area contributed by atoms with E-state index in [9.17, 15) is 9.59 Å². The fourth-order valence-electron chi connectivity index (χ4n) is 3.23. The molecular weight excluding hydrogens is 282 g/mol. The largest absolute Gasteiger partial charge is 0.353 e. The minimum Gasteiger partial charge on any atom is -0.353 e. The molecule has 22 heavy (non-hydrogen) atoms. The summed E-state index contributed by atoms with van der Waals surface area (Å²) in [6.45, 7) is 3.37. The van der Waals surface area contributed by atoms with Gasteiger partial charge in [-0.15, -0.1) is 0 Å². The van der Waals surface area contributed by atoms with Crippen molar-refractivity contribution < 1.29 is 9.59 Å². The topological polar surface area (TPSA) is 70.0 Å². The second-order valence-electron chi connectivity index (χ2n) is 5.68. The number of carbonyl (C=O) groups is 2. The van der Waals surface area contributed by atoms with Gasteiger partial charge in [0, 0.05) is 38.9 Å². The van der Waals surface area contributed by atoms with Crippen LogP contribution in [0.4, 0.5) is 0 Å². The van der Waals surface area contributed by atoms with Gasteiger partial charge in [-0.2, -0.15) is 5.10 Å². The van der Waals surface area contributed by atoms with Crippen LogP contribution in [0.2, 0.25) is 0 Å². The van der Waals surface area contributed by atoms with E-state index in [0.717, 1.165) is 18.6 Å². The maximum Gasteiger partial charge on any atom is 0.257 e. The summed E-state index contributed by atoms with van der Waals surface area (Å²) in [6, 6.07) is 5.41. The van der Waals surface area contributed by atoms with E-state index in [1.54, 1.807) is 15.6 Å². The Morgan fingerprint density at radius 3 is 3.09 bits per heavy atom. The maximum absolute atomic E-state index is 12.8. The normalized spacial score (nSPS) is 22.5. The van der Waals surface area contributed by atoms with Crippen molar-refractivity contribution in [1.82, 2.24) is 24.7 Å². The lowest BCUT2D eigenvalue weighted by molar-refractivity contribution is -0.131. The molecule has 0 aliphatic carbocycles. The number of amides is 2. The second kappa shape index (κ2) is 5.10. The zero-order valence-electron chi connectivity index (χ0n) is 12.1. The molecule has 2 aliphatic heterocycles. The number of pyridine rings is 1. The van der Waals surface area contributed by atoms with Crippen LogP contribution in [0.25, 0.3) is 5.52 Å². The van der Waals surface area contributed by atoms with Crippen molar-refractivity contribution >= 4 is 17.3 Å². The molecule has 0 aromatic carbocycles. The third-order valence-corrected chi connectivity index (χ3v) is 4.44. The number of hydrogen-bond acceptors (Lipinski definition) is 4. The Morgan fingerprint density at radius 2 is 2.18 bits per heavy atom. The minimum absolute atomic E-state index is 0.0172. The molecule has 1 atom stereocenters. The molecule has 2 saturated heterocycles. The summed E-state index contributed by atoms with van der Waals surface area (Å²) in [4.78, 5) is 28.7. The van der Waals surface area contributed by atoms with E-state index < -0.39 is 0 Å². The summed E-state index contributed by atoms with van der Waals surface area (Å²) in [7, 11) is 0. The Kier molecular flexibility index (Phi) is 3.07. The van der Waals surface area contributed by atoms with Gasteiger partial charge in [-0.05, 0) is 12.1 Å². The summed E-state index contributed by atoms with van der Waals surface area (Å²) in [5, 5.41) is 7.08. The van der Waals surface area contributed by atoms with Gasteiger partial charge in [-0.25, -0.2) is 4.52 Å². The van der Waals surface area contributed by atoms with Crippen LogP contribution < -0.4 is 5.32 Å². The molecule has 2 aromatic rings. The van der Waals surface area contributed by atoms with E-state index in [1.807, 2.05) is 24.4 Å². The molecule has 0 radical (unpaired) electrons. The lowest BCUT2D eigenvalue weighted by Gasteiger charge is -2.42. The number of piperazine rings is 2. The summed E-state index contributed by atoms with van der Waals surface area (Å²) < 4.78 is 1.69. The first-order valence-corrected chi connectivity index (χ1v) is 7.47. The molecule has 0 bridgehead atoms. The van der Waals surface area contributed by atoms with Gasteiger partial charge in [0.1, 0.15) is 6.04 Å². The molecule has 2 fully saturated rings. The number of aromatic nitrogens is 2. The fourth-order valence-corrected chi connectivity index (χ4v) is 3.23. The Morgan fingerprint density at radius 1 is 1.27 bits per heavy atom. The molecule has 2 aromatic heterocycles. The van der Waals surface area contributed by atoms with Gasteiger partial charge in [0.25, 0.3) is 5.91 Å². The van der Waals surface area contributed by atoms with Gasteiger partial charge in [-0.1, -0.05) is 6.07 Å². The molecule has 0 saturated carbocycles.